The van der Waals surface area contributed by atoms with Crippen molar-refractivity contribution in [2.24, 2.45) is 0 Å². The number of carbonyl (C=O) groups excluding carboxylic acids is 1. The first-order chi connectivity index (χ1) is 13.3. The van der Waals surface area contributed by atoms with Crippen LogP contribution in [-0.2, 0) is 0 Å². The fraction of sp³-hybridized carbons (Fsp3) is 0.444. The molecular weight excluding hydrogens is 346 g/mol. The van der Waals surface area contributed by atoms with Crippen LogP contribution in [0.1, 0.15) is 53.8 Å². The van der Waals surface area contributed by atoms with Gasteiger partial charge in [-0.25, -0.2) is 4.68 Å². The number of carbonyl (C=O) groups is 1. The zero-order chi connectivity index (χ0) is 18.2. The lowest BCUT2D eigenvalue weighted by atomic mass is 10.0. The van der Waals surface area contributed by atoms with Gasteiger partial charge in [0.25, 0.3) is 11.8 Å². The van der Waals surface area contributed by atoms with E-state index in [9.17, 15) is 4.79 Å². The number of pyridine rings is 1. The van der Waals surface area contributed by atoms with E-state index >= 15 is 0 Å². The summed E-state index contributed by atoms with van der Waals surface area (Å²) in [6.07, 6.45) is 9.21. The average molecular weight is 365 g/mol. The molecule has 4 heterocycles. The summed E-state index contributed by atoms with van der Waals surface area (Å²) in [6.45, 7) is 1.34. The predicted molar refractivity (Wildman–Crippen MR) is 93.7 cm³/mol. The minimum Gasteiger partial charge on any atom is -0.336 e. The maximum atomic E-state index is 12.7. The van der Waals surface area contributed by atoms with Crippen molar-refractivity contribution in [3.63, 3.8) is 0 Å². The number of piperidine rings is 1. The Labute approximate surface area is 155 Å². The predicted octanol–water partition coefficient (Wildman–Crippen LogP) is 2.08. The maximum Gasteiger partial charge on any atom is 0.280 e. The number of aromatic nitrogens is 6. The van der Waals surface area contributed by atoms with Crippen molar-refractivity contribution in [2.45, 2.75) is 37.6 Å². The second kappa shape index (κ2) is 6.57. The van der Waals surface area contributed by atoms with Gasteiger partial charge >= 0.3 is 0 Å². The number of rotatable bonds is 4. The number of hydrogen-bond donors (Lipinski definition) is 0. The van der Waals surface area contributed by atoms with E-state index in [-0.39, 0.29) is 11.9 Å². The zero-order valence-electron chi connectivity index (χ0n) is 14.7. The van der Waals surface area contributed by atoms with E-state index in [4.69, 9.17) is 4.52 Å². The van der Waals surface area contributed by atoms with Gasteiger partial charge in [-0.1, -0.05) is 10.4 Å². The van der Waals surface area contributed by atoms with E-state index < -0.39 is 0 Å². The highest BCUT2D eigenvalue weighted by Crippen LogP contribution is 2.38. The molecule has 1 atom stereocenters. The van der Waals surface area contributed by atoms with Gasteiger partial charge in [-0.3, -0.25) is 9.78 Å². The third-order valence-corrected chi connectivity index (χ3v) is 5.10. The van der Waals surface area contributed by atoms with E-state index in [1.807, 2.05) is 15.8 Å². The molecule has 0 radical (unpaired) electrons. The van der Waals surface area contributed by atoms with Crippen LogP contribution < -0.4 is 0 Å². The van der Waals surface area contributed by atoms with Crippen LogP contribution in [0.3, 0.4) is 0 Å². The van der Waals surface area contributed by atoms with Crippen LogP contribution in [0.15, 0.2) is 35.2 Å². The number of likely N-dealkylation sites (tertiary alicyclic amines) is 1. The Bertz CT molecular complexity index is 948. The molecule has 1 saturated carbocycles. The standard InChI is InChI=1S/C18H19N7O2/c26-18(13-5-7-19-8-6-13)24-9-1-2-14(10-24)25-11-15(21-23-25)17-20-16(22-27-17)12-3-4-12/h5-8,11-12,14H,1-4,9-10H2/t14-/m0/s1. The van der Waals surface area contributed by atoms with Gasteiger partial charge in [0.2, 0.25) is 0 Å². The van der Waals surface area contributed by atoms with E-state index in [1.54, 1.807) is 24.5 Å². The lowest BCUT2D eigenvalue weighted by Crippen LogP contribution is -2.40. The zero-order valence-corrected chi connectivity index (χ0v) is 14.7. The van der Waals surface area contributed by atoms with Crippen LogP contribution in [-0.4, -0.2) is 54.0 Å². The van der Waals surface area contributed by atoms with Gasteiger partial charge < -0.3 is 9.42 Å². The quantitative estimate of drug-likeness (QED) is 0.697. The van der Waals surface area contributed by atoms with Gasteiger partial charge in [0.1, 0.15) is 0 Å². The van der Waals surface area contributed by atoms with Crippen molar-refractivity contribution in [2.75, 3.05) is 13.1 Å². The minimum absolute atomic E-state index is 0.0217. The second-order valence-corrected chi connectivity index (χ2v) is 7.10. The van der Waals surface area contributed by atoms with E-state index in [2.05, 4.69) is 25.4 Å². The average Bonchev–Trinajstić information content (AvgIpc) is 3.25. The van der Waals surface area contributed by atoms with Crippen molar-refractivity contribution < 1.29 is 9.32 Å². The molecule has 1 aliphatic carbocycles. The van der Waals surface area contributed by atoms with Crippen LogP contribution >= 0.6 is 0 Å². The highest BCUT2D eigenvalue weighted by atomic mass is 16.5. The second-order valence-electron chi connectivity index (χ2n) is 7.10. The number of hydrogen-bond acceptors (Lipinski definition) is 7. The maximum absolute atomic E-state index is 12.7. The molecule has 2 aliphatic rings. The van der Waals surface area contributed by atoms with Crippen molar-refractivity contribution in [3.8, 4) is 11.6 Å². The van der Waals surface area contributed by atoms with E-state index in [0.717, 1.165) is 38.1 Å². The third kappa shape index (κ3) is 3.20. The van der Waals surface area contributed by atoms with E-state index in [1.165, 1.54) is 0 Å². The first-order valence-corrected chi connectivity index (χ1v) is 9.23. The van der Waals surface area contributed by atoms with Gasteiger partial charge in [-0.15, -0.1) is 5.10 Å². The summed E-state index contributed by atoms with van der Waals surface area (Å²) in [7, 11) is 0. The fourth-order valence-corrected chi connectivity index (χ4v) is 3.43. The molecule has 9 heteroatoms. The largest absolute Gasteiger partial charge is 0.336 e. The lowest BCUT2D eigenvalue weighted by Gasteiger charge is -2.32. The minimum atomic E-state index is 0.0217. The summed E-state index contributed by atoms with van der Waals surface area (Å²) >= 11 is 0. The summed E-state index contributed by atoms with van der Waals surface area (Å²) in [5, 5.41) is 12.5. The Kier molecular flexibility index (Phi) is 3.92. The highest BCUT2D eigenvalue weighted by molar-refractivity contribution is 5.94. The van der Waals surface area contributed by atoms with Gasteiger partial charge in [-0.2, -0.15) is 4.98 Å². The molecule has 138 valence electrons. The smallest absolute Gasteiger partial charge is 0.280 e. The van der Waals surface area contributed by atoms with Gasteiger partial charge in [0, 0.05) is 37.0 Å². The monoisotopic (exact) mass is 365 g/mol. The molecule has 0 spiro atoms. The fourth-order valence-electron chi connectivity index (χ4n) is 3.43. The molecule has 3 aromatic rings. The molecule has 0 bridgehead atoms. The molecule has 1 saturated heterocycles. The Balaban J connectivity index is 1.31. The van der Waals surface area contributed by atoms with Gasteiger partial charge in [0.15, 0.2) is 11.5 Å². The molecule has 1 aliphatic heterocycles. The lowest BCUT2D eigenvalue weighted by molar-refractivity contribution is 0.0671. The Morgan fingerprint density at radius 2 is 2.04 bits per heavy atom. The van der Waals surface area contributed by atoms with Gasteiger partial charge in [-0.05, 0) is 37.8 Å². The van der Waals surface area contributed by atoms with Crippen molar-refractivity contribution in [3.05, 3.63) is 42.1 Å². The van der Waals surface area contributed by atoms with Crippen LogP contribution in [0.25, 0.3) is 11.6 Å². The molecule has 3 aromatic heterocycles. The normalized spacial score (nSPS) is 20.0. The Morgan fingerprint density at radius 1 is 1.19 bits per heavy atom. The van der Waals surface area contributed by atoms with Crippen LogP contribution in [0.2, 0.25) is 0 Å². The molecule has 5 rings (SSSR count). The first-order valence-electron chi connectivity index (χ1n) is 9.23. The summed E-state index contributed by atoms with van der Waals surface area (Å²) in [5.41, 5.74) is 1.23. The molecule has 0 aromatic carbocycles. The molecule has 27 heavy (non-hydrogen) atoms. The summed E-state index contributed by atoms with van der Waals surface area (Å²) in [5.74, 6) is 1.62. The van der Waals surface area contributed by atoms with Crippen molar-refractivity contribution in [1.82, 2.24) is 35.0 Å². The third-order valence-electron chi connectivity index (χ3n) is 5.10. The molecule has 0 N–H and O–H groups in total. The van der Waals surface area contributed by atoms with Crippen LogP contribution in [0.4, 0.5) is 0 Å². The van der Waals surface area contributed by atoms with Crippen molar-refractivity contribution >= 4 is 5.91 Å². The summed E-state index contributed by atoms with van der Waals surface area (Å²) in [6, 6.07) is 3.57. The van der Waals surface area contributed by atoms with Crippen molar-refractivity contribution in [1.29, 1.82) is 0 Å². The number of amides is 1. The Hall–Kier alpha value is -3.10. The van der Waals surface area contributed by atoms with Crippen LogP contribution in [0.5, 0.6) is 0 Å². The van der Waals surface area contributed by atoms with Crippen LogP contribution in [0, 0.1) is 0 Å². The molecule has 9 nitrogen and oxygen atoms in total. The van der Waals surface area contributed by atoms with Gasteiger partial charge in [0.05, 0.1) is 12.2 Å². The molecule has 0 unspecified atom stereocenters. The first kappa shape index (κ1) is 16.1. The van der Waals surface area contributed by atoms with E-state index in [0.29, 0.717) is 29.6 Å². The topological polar surface area (TPSA) is 103 Å². The summed E-state index contributed by atoms with van der Waals surface area (Å²) in [4.78, 5) is 22.9. The molecule has 1 amide bonds. The highest BCUT2D eigenvalue weighted by Gasteiger charge is 2.30. The SMILES string of the molecule is O=C(c1ccncc1)N1CCC[C@H](n2cc(-c3nc(C4CC4)no3)nn2)C1. The summed E-state index contributed by atoms with van der Waals surface area (Å²) < 4.78 is 7.13. The number of nitrogens with zero attached hydrogens (tertiary/aromatic N) is 7. The Morgan fingerprint density at radius 3 is 2.85 bits per heavy atom. The molecule has 2 fully saturated rings. The molecular formula is C18H19N7O2.